The Labute approximate surface area is 197 Å². The van der Waals surface area contributed by atoms with Crippen LogP contribution in [-0.2, 0) is 0 Å². The van der Waals surface area contributed by atoms with Crippen LogP contribution in [0, 0.1) is 5.92 Å². The van der Waals surface area contributed by atoms with E-state index in [0.717, 1.165) is 6.42 Å². The topological polar surface area (TPSA) is 128 Å². The summed E-state index contributed by atoms with van der Waals surface area (Å²) in [5.74, 6) is 0.687. The molecule has 0 bridgehead atoms. The standard InChI is InChI=1S/C25H28N6O3/c1-4-34-20-13-16(9-10-19(20)32)14-28-31-23(26)21(25(33)27-12-11-15(2)3)22-24(31)30-18-8-6-5-7-17(18)29-22/h5-10,13-15,32H,4,11-12,26H2,1-3H3,(H,27,33)/b28-14-. The molecule has 0 radical (unpaired) electrons. The Bertz CT molecular complexity index is 1380. The number of anilines is 1. The van der Waals surface area contributed by atoms with E-state index in [1.807, 2.05) is 31.2 Å². The van der Waals surface area contributed by atoms with Gasteiger partial charge in [0, 0.05) is 6.54 Å². The molecule has 4 aromatic rings. The average molecular weight is 461 g/mol. The van der Waals surface area contributed by atoms with Crippen molar-refractivity contribution in [1.82, 2.24) is 20.0 Å². The molecule has 176 valence electrons. The van der Waals surface area contributed by atoms with Crippen molar-refractivity contribution < 1.29 is 14.6 Å². The maximum Gasteiger partial charge on any atom is 0.257 e. The number of nitrogens with zero attached hydrogens (tertiary/aromatic N) is 4. The average Bonchev–Trinajstić information content (AvgIpc) is 3.08. The molecule has 4 N–H and O–H groups in total. The predicted molar refractivity (Wildman–Crippen MR) is 134 cm³/mol. The normalized spacial score (nSPS) is 11.6. The highest BCUT2D eigenvalue weighted by Crippen LogP contribution is 2.29. The first-order chi connectivity index (χ1) is 16.4. The number of carbonyl (C=O) groups is 1. The van der Waals surface area contributed by atoms with Gasteiger partial charge in [0.05, 0.1) is 23.9 Å². The lowest BCUT2D eigenvalue weighted by atomic mass is 10.1. The highest BCUT2D eigenvalue weighted by Gasteiger charge is 2.24. The molecule has 0 atom stereocenters. The maximum absolute atomic E-state index is 13.1. The van der Waals surface area contributed by atoms with Crippen LogP contribution in [0.25, 0.3) is 22.2 Å². The van der Waals surface area contributed by atoms with Gasteiger partial charge in [-0.25, -0.2) is 9.97 Å². The summed E-state index contributed by atoms with van der Waals surface area (Å²) in [5.41, 5.74) is 9.44. The molecule has 0 saturated heterocycles. The molecule has 1 amide bonds. The number of ether oxygens (including phenoxy) is 1. The molecule has 2 aromatic heterocycles. The molecule has 2 heterocycles. The van der Waals surface area contributed by atoms with Crippen LogP contribution in [0.1, 0.15) is 43.1 Å². The van der Waals surface area contributed by atoms with E-state index < -0.39 is 0 Å². The van der Waals surface area contributed by atoms with Crippen LogP contribution in [0.5, 0.6) is 11.5 Å². The number of nitrogen functional groups attached to an aromatic ring is 1. The number of nitrogens with two attached hydrogens (primary N) is 1. The summed E-state index contributed by atoms with van der Waals surface area (Å²) < 4.78 is 6.86. The van der Waals surface area contributed by atoms with E-state index in [2.05, 4.69) is 34.2 Å². The number of hydrogen-bond donors (Lipinski definition) is 3. The van der Waals surface area contributed by atoms with Gasteiger partial charge in [-0.15, -0.1) is 0 Å². The zero-order valence-electron chi connectivity index (χ0n) is 19.4. The Morgan fingerprint density at radius 3 is 2.68 bits per heavy atom. The van der Waals surface area contributed by atoms with Crippen LogP contribution in [-0.4, -0.2) is 45.0 Å². The lowest BCUT2D eigenvalue weighted by Crippen LogP contribution is -2.26. The smallest absolute Gasteiger partial charge is 0.257 e. The summed E-state index contributed by atoms with van der Waals surface area (Å²) in [5, 5.41) is 17.4. The molecule has 0 saturated carbocycles. The molecule has 0 aliphatic rings. The van der Waals surface area contributed by atoms with Crippen molar-refractivity contribution in [3.05, 3.63) is 53.6 Å². The van der Waals surface area contributed by atoms with Crippen molar-refractivity contribution in [1.29, 1.82) is 0 Å². The number of aromatic nitrogens is 3. The second-order valence-electron chi connectivity index (χ2n) is 8.30. The third-order valence-electron chi connectivity index (χ3n) is 5.31. The Morgan fingerprint density at radius 1 is 1.24 bits per heavy atom. The van der Waals surface area contributed by atoms with Crippen molar-refractivity contribution in [3.63, 3.8) is 0 Å². The lowest BCUT2D eigenvalue weighted by molar-refractivity contribution is 0.0954. The number of aromatic hydroxyl groups is 1. The summed E-state index contributed by atoms with van der Waals surface area (Å²) in [6.45, 7) is 6.98. The fourth-order valence-corrected chi connectivity index (χ4v) is 3.56. The molecule has 4 rings (SSSR count). The number of para-hydroxylation sites is 2. The molecule has 0 spiro atoms. The number of rotatable bonds is 8. The number of phenols is 1. The molecule has 9 heteroatoms. The Kier molecular flexibility index (Phi) is 6.62. The maximum atomic E-state index is 13.1. The van der Waals surface area contributed by atoms with Crippen molar-refractivity contribution in [2.45, 2.75) is 27.2 Å². The first kappa shape index (κ1) is 23.0. The van der Waals surface area contributed by atoms with Gasteiger partial charge in [-0.05, 0) is 55.2 Å². The Hall–Kier alpha value is -4.14. The van der Waals surface area contributed by atoms with Crippen molar-refractivity contribution in [2.75, 3.05) is 18.9 Å². The van der Waals surface area contributed by atoms with Gasteiger partial charge in [0.1, 0.15) is 16.9 Å². The second kappa shape index (κ2) is 9.78. The minimum atomic E-state index is -0.315. The molecule has 0 aliphatic carbocycles. The van der Waals surface area contributed by atoms with Gasteiger partial charge >= 0.3 is 0 Å². The van der Waals surface area contributed by atoms with E-state index in [4.69, 9.17) is 10.5 Å². The zero-order chi connectivity index (χ0) is 24.2. The summed E-state index contributed by atoms with van der Waals surface area (Å²) in [6, 6.07) is 12.3. The Balaban J connectivity index is 1.80. The number of fused-ring (bicyclic) bond motifs is 2. The summed E-state index contributed by atoms with van der Waals surface area (Å²) in [4.78, 5) is 22.4. The largest absolute Gasteiger partial charge is 0.504 e. The zero-order valence-corrected chi connectivity index (χ0v) is 19.4. The van der Waals surface area contributed by atoms with Crippen LogP contribution < -0.4 is 15.8 Å². The molecule has 34 heavy (non-hydrogen) atoms. The fraction of sp³-hybridized carbons (Fsp3) is 0.280. The van der Waals surface area contributed by atoms with Crippen molar-refractivity contribution >= 4 is 40.1 Å². The quantitative estimate of drug-likeness (QED) is 0.342. The first-order valence-corrected chi connectivity index (χ1v) is 11.2. The van der Waals surface area contributed by atoms with E-state index in [0.29, 0.717) is 52.6 Å². The van der Waals surface area contributed by atoms with Gasteiger partial charge < -0.3 is 20.9 Å². The van der Waals surface area contributed by atoms with Crippen LogP contribution in [0.3, 0.4) is 0 Å². The van der Waals surface area contributed by atoms with Crippen LogP contribution in [0.2, 0.25) is 0 Å². The molecule has 0 aliphatic heterocycles. The highest BCUT2D eigenvalue weighted by molar-refractivity contribution is 6.10. The second-order valence-corrected chi connectivity index (χ2v) is 8.30. The number of hydrogen-bond acceptors (Lipinski definition) is 7. The summed E-state index contributed by atoms with van der Waals surface area (Å²) >= 11 is 0. The van der Waals surface area contributed by atoms with Crippen LogP contribution in [0.15, 0.2) is 47.6 Å². The first-order valence-electron chi connectivity index (χ1n) is 11.2. The van der Waals surface area contributed by atoms with Gasteiger partial charge in [0.2, 0.25) is 0 Å². The van der Waals surface area contributed by atoms with Crippen LogP contribution >= 0.6 is 0 Å². The third-order valence-corrected chi connectivity index (χ3v) is 5.31. The van der Waals surface area contributed by atoms with E-state index in [1.165, 1.54) is 10.7 Å². The van der Waals surface area contributed by atoms with Gasteiger partial charge in [-0.2, -0.15) is 9.78 Å². The van der Waals surface area contributed by atoms with Gasteiger partial charge in [-0.1, -0.05) is 26.0 Å². The molecule has 0 fully saturated rings. The Morgan fingerprint density at radius 2 is 1.97 bits per heavy atom. The van der Waals surface area contributed by atoms with E-state index in [9.17, 15) is 9.90 Å². The SMILES string of the molecule is CCOc1cc(/C=N\n2c(N)c(C(=O)NCCC(C)C)c3nc4ccccc4nc32)ccc1O. The number of amides is 1. The molecular formula is C25H28N6O3. The van der Waals surface area contributed by atoms with Gasteiger partial charge in [0.15, 0.2) is 17.1 Å². The highest BCUT2D eigenvalue weighted by atomic mass is 16.5. The molecule has 9 nitrogen and oxygen atoms in total. The van der Waals surface area contributed by atoms with E-state index in [-0.39, 0.29) is 23.0 Å². The lowest BCUT2D eigenvalue weighted by Gasteiger charge is -2.07. The van der Waals surface area contributed by atoms with Gasteiger partial charge in [-0.3, -0.25) is 4.79 Å². The van der Waals surface area contributed by atoms with Crippen molar-refractivity contribution in [3.8, 4) is 11.5 Å². The summed E-state index contributed by atoms with van der Waals surface area (Å²) in [7, 11) is 0. The monoisotopic (exact) mass is 460 g/mol. The molecule has 0 unspecified atom stereocenters. The molecular weight excluding hydrogens is 432 g/mol. The minimum Gasteiger partial charge on any atom is -0.504 e. The number of benzene rings is 2. The third kappa shape index (κ3) is 4.63. The van der Waals surface area contributed by atoms with E-state index >= 15 is 0 Å². The number of carbonyl (C=O) groups excluding carboxylic acids is 1. The van der Waals surface area contributed by atoms with Gasteiger partial charge in [0.25, 0.3) is 5.91 Å². The van der Waals surface area contributed by atoms with Crippen molar-refractivity contribution in [2.24, 2.45) is 11.0 Å². The number of phenolic OH excluding ortho intramolecular Hbond substituents is 1. The minimum absolute atomic E-state index is 0.0441. The predicted octanol–water partition coefficient (Wildman–Crippen LogP) is 3.93. The number of nitrogens with one attached hydrogen (secondary N) is 1. The van der Waals surface area contributed by atoms with E-state index in [1.54, 1.807) is 18.3 Å². The molecule has 2 aromatic carbocycles. The summed E-state index contributed by atoms with van der Waals surface area (Å²) in [6.07, 6.45) is 2.41. The van der Waals surface area contributed by atoms with Crippen LogP contribution in [0.4, 0.5) is 5.82 Å². The fourth-order valence-electron chi connectivity index (χ4n) is 3.56.